The lowest BCUT2D eigenvalue weighted by Crippen LogP contribution is -2.14. The van der Waals surface area contributed by atoms with E-state index in [9.17, 15) is 18.0 Å². The Bertz CT molecular complexity index is 629. The largest absolute Gasteiger partial charge is 0.433 e. The molecule has 2 rings (SSSR count). The Morgan fingerprint density at radius 2 is 2.14 bits per heavy atom. The second-order valence-electron chi connectivity index (χ2n) is 4.10. The van der Waals surface area contributed by atoms with Crippen LogP contribution in [0.4, 0.5) is 24.1 Å². The lowest BCUT2D eigenvalue weighted by Gasteiger charge is -2.08. The Labute approximate surface area is 122 Å². The Balaban J connectivity index is 2.14. The highest BCUT2D eigenvalue weighted by molar-refractivity contribution is 7.15. The molecule has 2 aromatic heterocycles. The van der Waals surface area contributed by atoms with E-state index in [1.165, 1.54) is 23.5 Å². The molecule has 2 heterocycles. The van der Waals surface area contributed by atoms with Crippen molar-refractivity contribution in [2.75, 3.05) is 5.32 Å². The minimum atomic E-state index is -4.49. The number of aromatic nitrogens is 2. The second-order valence-corrected chi connectivity index (χ2v) is 5.17. The molecule has 2 N–H and O–H groups in total. The Kier molecular flexibility index (Phi) is 4.41. The van der Waals surface area contributed by atoms with Crippen molar-refractivity contribution in [1.82, 2.24) is 15.3 Å². The zero-order chi connectivity index (χ0) is 15.5. The van der Waals surface area contributed by atoms with Crippen molar-refractivity contribution in [3.63, 3.8) is 0 Å². The molecular weight excluding hydrogens is 305 g/mol. The summed E-state index contributed by atoms with van der Waals surface area (Å²) in [7, 11) is 0. The molecule has 0 aliphatic heterocycles. The molecule has 21 heavy (non-hydrogen) atoms. The Morgan fingerprint density at radius 1 is 1.38 bits per heavy atom. The first-order valence-corrected chi connectivity index (χ1v) is 6.68. The first-order valence-electron chi connectivity index (χ1n) is 5.87. The molecule has 0 spiro atoms. The predicted octanol–water partition coefficient (Wildman–Crippen LogP) is 3.11. The summed E-state index contributed by atoms with van der Waals surface area (Å²) in [5.74, 6) is 0.0572. The molecule has 0 saturated heterocycles. The lowest BCUT2D eigenvalue weighted by atomic mass is 10.3. The van der Waals surface area contributed by atoms with E-state index in [0.717, 1.165) is 10.9 Å². The van der Waals surface area contributed by atoms with Crippen LogP contribution in [0.15, 0.2) is 24.4 Å². The number of nitrogens with one attached hydrogen (secondary N) is 2. The van der Waals surface area contributed by atoms with Crippen molar-refractivity contribution in [2.45, 2.75) is 19.1 Å². The van der Waals surface area contributed by atoms with Gasteiger partial charge >= 0.3 is 6.18 Å². The monoisotopic (exact) mass is 316 g/mol. The number of hydrogen-bond donors (Lipinski definition) is 2. The number of carbonyl (C=O) groups is 1. The molecule has 2 aromatic rings. The van der Waals surface area contributed by atoms with Crippen molar-refractivity contribution in [3.8, 4) is 0 Å². The zero-order valence-corrected chi connectivity index (χ0v) is 11.6. The van der Waals surface area contributed by atoms with Gasteiger partial charge in [-0.3, -0.25) is 4.79 Å². The van der Waals surface area contributed by atoms with E-state index in [1.54, 1.807) is 13.1 Å². The maximum absolute atomic E-state index is 12.6. The van der Waals surface area contributed by atoms with Crippen molar-refractivity contribution in [2.24, 2.45) is 0 Å². The third-order valence-electron chi connectivity index (χ3n) is 2.54. The van der Waals surface area contributed by atoms with Crippen molar-refractivity contribution < 1.29 is 18.0 Å². The van der Waals surface area contributed by atoms with Gasteiger partial charge in [0, 0.05) is 11.1 Å². The van der Waals surface area contributed by atoms with Crippen LogP contribution in [0.2, 0.25) is 0 Å². The number of rotatable bonds is 5. The maximum Gasteiger partial charge on any atom is 0.433 e. The highest BCUT2D eigenvalue weighted by Crippen LogP contribution is 2.30. The highest BCUT2D eigenvalue weighted by atomic mass is 32.1. The molecule has 0 aliphatic carbocycles. The number of anilines is 2. The molecule has 9 heteroatoms. The zero-order valence-electron chi connectivity index (χ0n) is 10.8. The number of pyridine rings is 1. The van der Waals surface area contributed by atoms with Gasteiger partial charge in [0.15, 0.2) is 5.13 Å². The van der Waals surface area contributed by atoms with Crippen LogP contribution in [0.25, 0.3) is 0 Å². The van der Waals surface area contributed by atoms with Gasteiger partial charge in [-0.25, -0.2) is 9.97 Å². The summed E-state index contributed by atoms with van der Waals surface area (Å²) in [5.41, 5.74) is -0.972. The molecular formula is C12H11F3N4OS. The number of carbonyl (C=O) groups excluding carboxylic acids is 1. The van der Waals surface area contributed by atoms with Gasteiger partial charge in [0.1, 0.15) is 11.5 Å². The van der Waals surface area contributed by atoms with Gasteiger partial charge in [-0.15, -0.1) is 0 Å². The summed E-state index contributed by atoms with van der Waals surface area (Å²) in [6, 6.07) is 3.37. The van der Waals surface area contributed by atoms with Crippen LogP contribution in [0.5, 0.6) is 0 Å². The topological polar surface area (TPSA) is 66.9 Å². The van der Waals surface area contributed by atoms with Crippen molar-refractivity contribution in [1.29, 1.82) is 0 Å². The van der Waals surface area contributed by atoms with Gasteiger partial charge in [0.05, 0.1) is 6.04 Å². The molecule has 1 unspecified atom stereocenters. The standard InChI is InChI=1S/C12H11F3N4OS/c1-7(17-6-20)8-5-16-11(21-8)19-10-4-2-3-9(18-10)12(13,14)15/h2-7H,1H3,(H,17,20)(H,16,18,19). The summed E-state index contributed by atoms with van der Waals surface area (Å²) < 4.78 is 37.7. The summed E-state index contributed by atoms with van der Waals surface area (Å²) in [4.78, 5) is 18.7. The van der Waals surface area contributed by atoms with E-state index in [1.807, 2.05) is 0 Å². The number of alkyl halides is 3. The van der Waals surface area contributed by atoms with E-state index < -0.39 is 11.9 Å². The fourth-order valence-corrected chi connectivity index (χ4v) is 2.34. The maximum atomic E-state index is 12.6. The van der Waals surface area contributed by atoms with Gasteiger partial charge < -0.3 is 10.6 Å². The van der Waals surface area contributed by atoms with Crippen molar-refractivity contribution in [3.05, 3.63) is 35.0 Å². The Morgan fingerprint density at radius 3 is 2.81 bits per heavy atom. The molecule has 0 aliphatic rings. The smallest absolute Gasteiger partial charge is 0.351 e. The Hall–Kier alpha value is -2.16. The van der Waals surface area contributed by atoms with Gasteiger partial charge in [-0.1, -0.05) is 17.4 Å². The molecule has 0 fully saturated rings. The normalized spacial score (nSPS) is 12.8. The first kappa shape index (κ1) is 15.2. The average molecular weight is 316 g/mol. The molecule has 1 amide bonds. The molecule has 5 nitrogen and oxygen atoms in total. The second kappa shape index (κ2) is 6.08. The molecule has 0 bridgehead atoms. The third kappa shape index (κ3) is 3.91. The lowest BCUT2D eigenvalue weighted by molar-refractivity contribution is -0.141. The van der Waals surface area contributed by atoms with Crippen LogP contribution < -0.4 is 10.6 Å². The molecule has 112 valence electrons. The van der Waals surface area contributed by atoms with Crippen LogP contribution in [0.1, 0.15) is 23.5 Å². The summed E-state index contributed by atoms with van der Waals surface area (Å²) >= 11 is 1.22. The SMILES string of the molecule is CC(NC=O)c1cnc(Nc2cccc(C(F)(F)F)n2)s1. The van der Waals surface area contributed by atoms with Crippen LogP contribution in [-0.4, -0.2) is 16.4 Å². The fraction of sp³-hybridized carbons (Fsp3) is 0.250. The molecule has 0 radical (unpaired) electrons. The molecule has 1 atom stereocenters. The van der Waals surface area contributed by atoms with Gasteiger partial charge in [0.25, 0.3) is 0 Å². The highest BCUT2D eigenvalue weighted by Gasteiger charge is 2.32. The summed E-state index contributed by atoms with van der Waals surface area (Å²) in [6.45, 7) is 1.77. The summed E-state index contributed by atoms with van der Waals surface area (Å²) in [5, 5.41) is 5.68. The number of nitrogens with zero attached hydrogens (tertiary/aromatic N) is 2. The number of thiazole rings is 1. The number of amides is 1. The van der Waals surface area contributed by atoms with E-state index in [0.29, 0.717) is 11.5 Å². The minimum absolute atomic E-state index is 0.0572. The minimum Gasteiger partial charge on any atom is -0.351 e. The van der Waals surface area contributed by atoms with E-state index >= 15 is 0 Å². The van der Waals surface area contributed by atoms with Gasteiger partial charge in [-0.2, -0.15) is 13.2 Å². The molecule has 0 aromatic carbocycles. The van der Waals surface area contributed by atoms with Crippen molar-refractivity contribution >= 4 is 28.7 Å². The van der Waals surface area contributed by atoms with Crippen LogP contribution in [0.3, 0.4) is 0 Å². The van der Waals surface area contributed by atoms with Gasteiger partial charge in [0.2, 0.25) is 6.41 Å². The van der Waals surface area contributed by atoms with Crippen LogP contribution in [-0.2, 0) is 11.0 Å². The quantitative estimate of drug-likeness (QED) is 0.832. The van der Waals surface area contributed by atoms with Crippen LogP contribution >= 0.6 is 11.3 Å². The third-order valence-corrected chi connectivity index (χ3v) is 3.64. The van der Waals surface area contributed by atoms with Gasteiger partial charge in [-0.05, 0) is 19.1 Å². The fourth-order valence-electron chi connectivity index (χ4n) is 1.50. The number of hydrogen-bond acceptors (Lipinski definition) is 5. The van der Waals surface area contributed by atoms with E-state index in [-0.39, 0.29) is 11.9 Å². The van der Waals surface area contributed by atoms with Crippen LogP contribution in [0, 0.1) is 0 Å². The molecule has 0 saturated carbocycles. The first-order chi connectivity index (χ1) is 9.90. The summed E-state index contributed by atoms with van der Waals surface area (Å²) in [6.07, 6.45) is -2.37. The predicted molar refractivity (Wildman–Crippen MR) is 72.3 cm³/mol. The number of halogens is 3. The van der Waals surface area contributed by atoms with E-state index in [4.69, 9.17) is 0 Å². The van der Waals surface area contributed by atoms with E-state index in [2.05, 4.69) is 20.6 Å². The average Bonchev–Trinajstić information content (AvgIpc) is 2.87.